The number of hydrogen-bond acceptors (Lipinski definition) is 4. The van der Waals surface area contributed by atoms with Crippen molar-refractivity contribution in [2.24, 2.45) is 10.8 Å². The first-order chi connectivity index (χ1) is 11.9. The van der Waals surface area contributed by atoms with E-state index in [4.69, 9.17) is 9.47 Å². The Balaban J connectivity index is 1.93. The molecule has 1 heterocycles. The summed E-state index contributed by atoms with van der Waals surface area (Å²) < 4.78 is 11.2. The molecule has 0 bridgehead atoms. The molecule has 3 atom stereocenters. The molecule has 0 saturated heterocycles. The quantitative estimate of drug-likeness (QED) is 0.824. The van der Waals surface area contributed by atoms with Gasteiger partial charge in [-0.05, 0) is 38.0 Å². The highest BCUT2D eigenvalue weighted by molar-refractivity contribution is 6.05. The van der Waals surface area contributed by atoms with Gasteiger partial charge < -0.3 is 19.9 Å². The average molecular weight is 343 g/mol. The number of ether oxygens (including phenoxy) is 2. The molecule has 0 spiro atoms. The number of carbonyl (C=O) groups is 1. The summed E-state index contributed by atoms with van der Waals surface area (Å²) in [5.41, 5.74) is 2.15. The first kappa shape index (κ1) is 17.7. The first-order valence-electron chi connectivity index (χ1n) is 8.44. The topological polar surface area (TPSA) is 67.8 Å². The third-order valence-electron chi connectivity index (χ3n) is 5.88. The van der Waals surface area contributed by atoms with Gasteiger partial charge in [0, 0.05) is 18.2 Å². The van der Waals surface area contributed by atoms with Gasteiger partial charge in [-0.25, -0.2) is 0 Å². The highest BCUT2D eigenvalue weighted by atomic mass is 16.7. The molecule has 5 nitrogen and oxygen atoms in total. The fourth-order valence-electron chi connectivity index (χ4n) is 3.96. The van der Waals surface area contributed by atoms with Crippen molar-refractivity contribution in [1.29, 1.82) is 0 Å². The molecule has 1 aromatic carbocycles. The van der Waals surface area contributed by atoms with Crippen LogP contribution in [0.5, 0.6) is 0 Å². The summed E-state index contributed by atoms with van der Waals surface area (Å²) in [6.45, 7) is 5.94. The van der Waals surface area contributed by atoms with Gasteiger partial charge >= 0.3 is 0 Å². The number of methoxy groups -OCH3 is 1. The Hall–Kier alpha value is -2.11. The number of aliphatic hydroxyl groups excluding tert-OH is 1. The second-order valence-corrected chi connectivity index (χ2v) is 7.18. The van der Waals surface area contributed by atoms with Gasteiger partial charge in [0.2, 0.25) is 6.29 Å². The average Bonchev–Trinajstić information content (AvgIpc) is 2.87. The Kier molecular flexibility index (Phi) is 4.47. The summed E-state index contributed by atoms with van der Waals surface area (Å²) in [7, 11) is 1.58. The third-order valence-corrected chi connectivity index (χ3v) is 5.88. The zero-order chi connectivity index (χ0) is 18.2. The maximum absolute atomic E-state index is 12.9. The molecule has 2 aliphatic rings. The van der Waals surface area contributed by atoms with Gasteiger partial charge in [0.1, 0.15) is 0 Å². The molecule has 3 rings (SSSR count). The standard InChI is InChI=1S/C20H25NO4/c1-13-5-7-15(8-6-13)21-17(23)16-12-25-18(24-4)20(3)14(11-22)9-10-19(16,20)2/h5-9,12,18,22H,10-11H2,1-4H3,(H,21,23)/t18-,19-,20+/m1/s1. The number of nitrogens with one attached hydrogen (secondary N) is 1. The van der Waals surface area contributed by atoms with Crippen molar-refractivity contribution in [3.63, 3.8) is 0 Å². The van der Waals surface area contributed by atoms with Gasteiger partial charge in [0.05, 0.1) is 23.9 Å². The molecule has 25 heavy (non-hydrogen) atoms. The molecule has 134 valence electrons. The highest BCUT2D eigenvalue weighted by Gasteiger charge is 2.61. The fraction of sp³-hybridized carbons (Fsp3) is 0.450. The monoisotopic (exact) mass is 343 g/mol. The van der Waals surface area contributed by atoms with Crippen molar-refractivity contribution in [2.75, 3.05) is 19.0 Å². The molecule has 0 radical (unpaired) electrons. The van der Waals surface area contributed by atoms with E-state index in [0.717, 1.165) is 16.8 Å². The Morgan fingerprint density at radius 3 is 2.64 bits per heavy atom. The largest absolute Gasteiger partial charge is 0.471 e. The van der Waals surface area contributed by atoms with Gasteiger partial charge in [-0.3, -0.25) is 4.79 Å². The number of carbonyl (C=O) groups excluding carboxylic acids is 1. The second-order valence-electron chi connectivity index (χ2n) is 7.18. The number of amides is 1. The van der Waals surface area contributed by atoms with Crippen molar-refractivity contribution in [2.45, 2.75) is 33.5 Å². The fourth-order valence-corrected chi connectivity index (χ4v) is 3.96. The summed E-state index contributed by atoms with van der Waals surface area (Å²) in [4.78, 5) is 12.9. The molecule has 0 unspecified atom stereocenters. The third kappa shape index (κ3) is 2.58. The molecular weight excluding hydrogens is 318 g/mol. The van der Waals surface area contributed by atoms with Crippen LogP contribution in [-0.2, 0) is 14.3 Å². The van der Waals surface area contributed by atoms with Gasteiger partial charge in [0.25, 0.3) is 5.91 Å². The lowest BCUT2D eigenvalue weighted by atomic mass is 9.59. The molecule has 5 heteroatoms. The number of hydrogen-bond donors (Lipinski definition) is 2. The Morgan fingerprint density at radius 2 is 2.04 bits per heavy atom. The molecule has 1 aromatic rings. The smallest absolute Gasteiger partial charge is 0.255 e. The summed E-state index contributed by atoms with van der Waals surface area (Å²) in [6.07, 6.45) is 3.60. The molecule has 2 N–H and O–H groups in total. The van der Waals surface area contributed by atoms with E-state index in [-0.39, 0.29) is 12.5 Å². The van der Waals surface area contributed by atoms with Crippen LogP contribution in [0.2, 0.25) is 0 Å². The Labute approximate surface area is 148 Å². The molecule has 1 amide bonds. The molecule has 0 aromatic heterocycles. The Bertz CT molecular complexity index is 737. The van der Waals surface area contributed by atoms with E-state index < -0.39 is 17.1 Å². The molecule has 0 saturated carbocycles. The van der Waals surface area contributed by atoms with Crippen molar-refractivity contribution >= 4 is 11.6 Å². The number of fused-ring (bicyclic) bond motifs is 1. The van der Waals surface area contributed by atoms with Crippen molar-refractivity contribution in [1.82, 2.24) is 0 Å². The zero-order valence-corrected chi connectivity index (χ0v) is 15.1. The normalized spacial score (nSPS) is 30.8. The number of anilines is 1. The van der Waals surface area contributed by atoms with Crippen molar-refractivity contribution in [3.05, 3.63) is 53.3 Å². The van der Waals surface area contributed by atoms with Crippen LogP contribution >= 0.6 is 0 Å². The number of aryl methyl sites for hydroxylation is 1. The van der Waals surface area contributed by atoms with E-state index >= 15 is 0 Å². The highest BCUT2D eigenvalue weighted by Crippen LogP contribution is 2.61. The molecular formula is C20H25NO4. The van der Waals surface area contributed by atoms with E-state index in [1.54, 1.807) is 7.11 Å². The van der Waals surface area contributed by atoms with Crippen LogP contribution < -0.4 is 5.32 Å². The lowest BCUT2D eigenvalue weighted by Crippen LogP contribution is -2.52. The summed E-state index contributed by atoms with van der Waals surface area (Å²) >= 11 is 0. The van der Waals surface area contributed by atoms with E-state index in [9.17, 15) is 9.90 Å². The number of allylic oxidation sites excluding steroid dienone is 1. The molecule has 1 aliphatic heterocycles. The SMILES string of the molecule is CO[C@@H]1OC=C(C(=O)Nc2ccc(C)cc2)[C@@]2(C)CC=C(CO)[C@@]12C. The van der Waals surface area contributed by atoms with Crippen LogP contribution in [0.1, 0.15) is 25.8 Å². The first-order valence-corrected chi connectivity index (χ1v) is 8.44. The lowest BCUT2D eigenvalue weighted by molar-refractivity contribution is -0.187. The van der Waals surface area contributed by atoms with Crippen LogP contribution in [0.3, 0.4) is 0 Å². The maximum Gasteiger partial charge on any atom is 0.255 e. The van der Waals surface area contributed by atoms with E-state index in [1.807, 2.05) is 51.1 Å². The van der Waals surface area contributed by atoms with Gasteiger partial charge in [-0.15, -0.1) is 0 Å². The zero-order valence-electron chi connectivity index (χ0n) is 15.1. The van der Waals surface area contributed by atoms with Crippen LogP contribution in [0.4, 0.5) is 5.69 Å². The summed E-state index contributed by atoms with van der Waals surface area (Å²) in [5, 5.41) is 12.7. The minimum atomic E-state index is -0.606. The van der Waals surface area contributed by atoms with E-state index in [1.165, 1.54) is 6.26 Å². The lowest BCUT2D eigenvalue weighted by Gasteiger charge is -2.50. The Morgan fingerprint density at radius 1 is 1.36 bits per heavy atom. The molecule has 1 aliphatic carbocycles. The van der Waals surface area contributed by atoms with E-state index in [0.29, 0.717) is 12.0 Å². The minimum Gasteiger partial charge on any atom is -0.471 e. The maximum atomic E-state index is 12.9. The summed E-state index contributed by atoms with van der Waals surface area (Å²) in [6, 6.07) is 7.66. The van der Waals surface area contributed by atoms with Crippen molar-refractivity contribution < 1.29 is 19.4 Å². The van der Waals surface area contributed by atoms with Crippen LogP contribution in [-0.4, -0.2) is 31.0 Å². The molecule has 0 fully saturated rings. The second kappa shape index (κ2) is 6.32. The van der Waals surface area contributed by atoms with Crippen LogP contribution in [0.15, 0.2) is 47.7 Å². The van der Waals surface area contributed by atoms with Gasteiger partial charge in [-0.1, -0.05) is 30.7 Å². The number of benzene rings is 1. The predicted molar refractivity (Wildman–Crippen MR) is 95.8 cm³/mol. The summed E-state index contributed by atoms with van der Waals surface area (Å²) in [5.74, 6) is -0.195. The van der Waals surface area contributed by atoms with Gasteiger partial charge in [0.15, 0.2) is 0 Å². The number of aliphatic hydroxyl groups is 1. The van der Waals surface area contributed by atoms with Gasteiger partial charge in [-0.2, -0.15) is 0 Å². The van der Waals surface area contributed by atoms with Crippen LogP contribution in [0, 0.1) is 17.8 Å². The number of rotatable bonds is 4. The van der Waals surface area contributed by atoms with E-state index in [2.05, 4.69) is 5.32 Å². The minimum absolute atomic E-state index is 0.0812. The van der Waals surface area contributed by atoms with Crippen molar-refractivity contribution in [3.8, 4) is 0 Å². The van der Waals surface area contributed by atoms with Crippen LogP contribution in [0.25, 0.3) is 0 Å². The predicted octanol–water partition coefficient (Wildman–Crippen LogP) is 3.16.